The Kier molecular flexibility index (Phi) is 9.02. The quantitative estimate of drug-likeness (QED) is 0.169. The van der Waals surface area contributed by atoms with E-state index in [1.807, 2.05) is 51.1 Å². The third-order valence-electron chi connectivity index (χ3n) is 7.55. The lowest BCUT2D eigenvalue weighted by Crippen LogP contribution is -2.35. The van der Waals surface area contributed by atoms with Crippen molar-refractivity contribution >= 4 is 34.3 Å². The zero-order chi connectivity index (χ0) is 30.0. The molecule has 0 spiro atoms. The molecule has 0 saturated heterocycles. The van der Waals surface area contributed by atoms with Crippen LogP contribution < -0.4 is 20.1 Å². The SMILES string of the molecule is CCOc1cc2cc(-c3c(C)nc(NCCc4ccc(OC)c(Cl)c4)nc3N[C@@H]3C[C@H](CO)[C@@H](O)[C@H]3O)oc2c(C)n1. The Morgan fingerprint density at radius 1 is 1.07 bits per heavy atom. The van der Waals surface area contributed by atoms with E-state index in [9.17, 15) is 15.3 Å². The van der Waals surface area contributed by atoms with Gasteiger partial charge in [0.25, 0.3) is 0 Å². The van der Waals surface area contributed by atoms with Crippen LogP contribution in [0, 0.1) is 19.8 Å². The van der Waals surface area contributed by atoms with E-state index in [0.717, 1.165) is 10.9 Å². The first kappa shape index (κ1) is 29.8. The van der Waals surface area contributed by atoms with Crippen LogP contribution >= 0.6 is 11.6 Å². The van der Waals surface area contributed by atoms with Gasteiger partial charge in [-0.05, 0) is 57.4 Å². The van der Waals surface area contributed by atoms with Crippen molar-refractivity contribution in [2.24, 2.45) is 5.92 Å². The number of fused-ring (bicyclic) bond motifs is 1. The van der Waals surface area contributed by atoms with Crippen LogP contribution in [0.5, 0.6) is 11.6 Å². The lowest BCUT2D eigenvalue weighted by molar-refractivity contribution is 0.00446. The first-order chi connectivity index (χ1) is 20.2. The zero-order valence-electron chi connectivity index (χ0n) is 24.0. The third kappa shape index (κ3) is 6.10. The first-order valence-corrected chi connectivity index (χ1v) is 14.3. The first-order valence-electron chi connectivity index (χ1n) is 13.9. The topological polar surface area (TPSA) is 155 Å². The summed E-state index contributed by atoms with van der Waals surface area (Å²) in [5.41, 5.74) is 3.59. The van der Waals surface area contributed by atoms with Crippen LogP contribution in [-0.4, -0.2) is 75.4 Å². The predicted molar refractivity (Wildman–Crippen MR) is 160 cm³/mol. The molecule has 5 rings (SSSR count). The molecule has 0 radical (unpaired) electrons. The average molecular weight is 598 g/mol. The Bertz CT molecular complexity index is 1560. The molecule has 0 bridgehead atoms. The van der Waals surface area contributed by atoms with Crippen molar-refractivity contribution in [2.75, 3.05) is 37.5 Å². The number of nitrogens with one attached hydrogen (secondary N) is 2. The summed E-state index contributed by atoms with van der Waals surface area (Å²) >= 11 is 6.28. The fourth-order valence-corrected chi connectivity index (χ4v) is 5.66. The van der Waals surface area contributed by atoms with Crippen LogP contribution in [0.4, 0.5) is 11.8 Å². The highest BCUT2D eigenvalue weighted by molar-refractivity contribution is 6.32. The van der Waals surface area contributed by atoms with Crippen molar-refractivity contribution in [1.29, 1.82) is 0 Å². The lowest BCUT2D eigenvalue weighted by atomic mass is 10.1. The van der Waals surface area contributed by atoms with Crippen molar-refractivity contribution in [3.63, 3.8) is 0 Å². The number of rotatable bonds is 11. The highest BCUT2D eigenvalue weighted by atomic mass is 35.5. The summed E-state index contributed by atoms with van der Waals surface area (Å²) in [5.74, 6) is 2.02. The second-order valence-electron chi connectivity index (χ2n) is 10.4. The van der Waals surface area contributed by atoms with Crippen molar-refractivity contribution in [1.82, 2.24) is 15.0 Å². The van der Waals surface area contributed by atoms with Gasteiger partial charge in [0, 0.05) is 30.5 Å². The Labute approximate surface area is 248 Å². The van der Waals surface area contributed by atoms with Gasteiger partial charge in [0.15, 0.2) is 5.58 Å². The second-order valence-corrected chi connectivity index (χ2v) is 10.8. The molecular weight excluding hydrogens is 562 g/mol. The molecular formula is C30H36ClN5O6. The summed E-state index contributed by atoms with van der Waals surface area (Å²) in [5, 5.41) is 38.8. The largest absolute Gasteiger partial charge is 0.495 e. The minimum Gasteiger partial charge on any atom is -0.495 e. The van der Waals surface area contributed by atoms with Gasteiger partial charge in [-0.3, -0.25) is 0 Å². The van der Waals surface area contributed by atoms with Gasteiger partial charge >= 0.3 is 0 Å². The maximum Gasteiger partial charge on any atom is 0.224 e. The van der Waals surface area contributed by atoms with E-state index in [1.54, 1.807) is 7.11 Å². The Balaban J connectivity index is 1.47. The molecule has 3 heterocycles. The molecule has 4 atom stereocenters. The van der Waals surface area contributed by atoms with Crippen molar-refractivity contribution in [2.45, 2.75) is 51.9 Å². The molecule has 1 aliphatic carbocycles. The van der Waals surface area contributed by atoms with Crippen LogP contribution in [0.1, 0.15) is 30.3 Å². The van der Waals surface area contributed by atoms with Gasteiger partial charge in [0.05, 0.1) is 47.8 Å². The van der Waals surface area contributed by atoms with Crippen LogP contribution in [0.25, 0.3) is 22.3 Å². The molecule has 12 heteroatoms. The van der Waals surface area contributed by atoms with E-state index in [-0.39, 0.29) is 6.61 Å². The minimum absolute atomic E-state index is 0.230. The summed E-state index contributed by atoms with van der Waals surface area (Å²) in [6.07, 6.45) is -1.11. The van der Waals surface area contributed by atoms with Gasteiger partial charge in [-0.25, -0.2) is 9.97 Å². The van der Waals surface area contributed by atoms with Crippen molar-refractivity contribution < 1.29 is 29.2 Å². The molecule has 42 heavy (non-hydrogen) atoms. The smallest absolute Gasteiger partial charge is 0.224 e. The van der Waals surface area contributed by atoms with Crippen LogP contribution in [0.15, 0.2) is 34.7 Å². The van der Waals surface area contributed by atoms with E-state index in [0.29, 0.717) is 82.7 Å². The lowest BCUT2D eigenvalue weighted by Gasteiger charge is -2.21. The zero-order valence-corrected chi connectivity index (χ0v) is 24.8. The van der Waals surface area contributed by atoms with Crippen molar-refractivity contribution in [3.05, 3.63) is 52.3 Å². The fourth-order valence-electron chi connectivity index (χ4n) is 5.38. The number of ether oxygens (including phenoxy) is 2. The van der Waals surface area contributed by atoms with E-state index >= 15 is 0 Å². The van der Waals surface area contributed by atoms with Gasteiger partial charge in [-0.15, -0.1) is 0 Å². The number of hydrogen-bond donors (Lipinski definition) is 5. The Morgan fingerprint density at radius 2 is 1.88 bits per heavy atom. The van der Waals surface area contributed by atoms with E-state index in [1.165, 1.54) is 0 Å². The number of aromatic nitrogens is 3. The fraction of sp³-hybridized carbons (Fsp3) is 0.433. The van der Waals surface area contributed by atoms with E-state index in [2.05, 4.69) is 15.6 Å². The number of methoxy groups -OCH3 is 1. The minimum atomic E-state index is -1.09. The molecule has 1 aromatic carbocycles. The van der Waals surface area contributed by atoms with Crippen LogP contribution in [0.3, 0.4) is 0 Å². The van der Waals surface area contributed by atoms with Gasteiger partial charge in [0.1, 0.15) is 23.4 Å². The standard InChI is InChI=1S/C30H36ClN5O6/c1-5-41-24-13-18-12-23(42-28(18)16(3)33-24)25-15(2)34-30(32-9-8-17-6-7-22(40-4)20(31)10-17)36-29(25)35-21-11-19(14-37)26(38)27(21)39/h6-7,10,12-13,19,21,26-27,37-39H,5,8-9,11,14H2,1-4H3,(H2,32,34,35,36)/t19-,21-,26-,27+/m1/s1. The maximum atomic E-state index is 10.7. The van der Waals surface area contributed by atoms with Crippen LogP contribution in [0.2, 0.25) is 5.02 Å². The van der Waals surface area contributed by atoms with Gasteiger partial charge < -0.3 is 39.8 Å². The predicted octanol–water partition coefficient (Wildman–Crippen LogP) is 4.13. The summed E-state index contributed by atoms with van der Waals surface area (Å²) in [6, 6.07) is 8.82. The molecule has 0 aliphatic heterocycles. The molecule has 1 saturated carbocycles. The van der Waals surface area contributed by atoms with Crippen molar-refractivity contribution in [3.8, 4) is 23.0 Å². The maximum absolute atomic E-state index is 10.7. The van der Waals surface area contributed by atoms with Gasteiger partial charge in [-0.2, -0.15) is 4.98 Å². The third-order valence-corrected chi connectivity index (χ3v) is 7.84. The summed E-state index contributed by atoms with van der Waals surface area (Å²) in [6.45, 7) is 6.42. The number of nitrogens with zero attached hydrogens (tertiary/aromatic N) is 3. The Hall–Kier alpha value is -3.64. The van der Waals surface area contributed by atoms with Crippen LogP contribution in [-0.2, 0) is 6.42 Å². The summed E-state index contributed by atoms with van der Waals surface area (Å²) in [7, 11) is 1.58. The van der Waals surface area contributed by atoms with Gasteiger partial charge in [-0.1, -0.05) is 17.7 Å². The summed E-state index contributed by atoms with van der Waals surface area (Å²) < 4.78 is 17.1. The molecule has 11 nitrogen and oxygen atoms in total. The number of halogens is 1. The molecule has 5 N–H and O–H groups in total. The number of benzene rings is 1. The number of aliphatic hydroxyl groups is 3. The number of aryl methyl sites for hydroxylation is 2. The molecule has 3 aromatic heterocycles. The number of hydrogen-bond acceptors (Lipinski definition) is 11. The average Bonchev–Trinajstić information content (AvgIpc) is 3.50. The monoisotopic (exact) mass is 597 g/mol. The molecule has 0 unspecified atom stereocenters. The molecule has 1 fully saturated rings. The van der Waals surface area contributed by atoms with E-state index < -0.39 is 24.2 Å². The highest BCUT2D eigenvalue weighted by Gasteiger charge is 2.41. The Morgan fingerprint density at radius 3 is 2.57 bits per heavy atom. The molecule has 1 aliphatic rings. The molecule has 0 amide bonds. The normalized spacial score (nSPS) is 20.2. The number of pyridine rings is 1. The summed E-state index contributed by atoms with van der Waals surface area (Å²) in [4.78, 5) is 13.9. The second kappa shape index (κ2) is 12.7. The number of aliphatic hydroxyl groups excluding tert-OH is 3. The number of furan rings is 1. The van der Waals surface area contributed by atoms with Gasteiger partial charge in [0.2, 0.25) is 11.8 Å². The number of anilines is 2. The van der Waals surface area contributed by atoms with E-state index in [4.69, 9.17) is 35.5 Å². The molecule has 224 valence electrons. The molecule has 4 aromatic rings. The highest BCUT2D eigenvalue weighted by Crippen LogP contribution is 2.38.